The van der Waals surface area contributed by atoms with Gasteiger partial charge in [0.25, 0.3) is 0 Å². The topological polar surface area (TPSA) is 89.7 Å². The fourth-order valence-electron chi connectivity index (χ4n) is 7.29. The summed E-state index contributed by atoms with van der Waals surface area (Å²) in [5.74, 6) is 1.08. The zero-order chi connectivity index (χ0) is 28.6. The van der Waals surface area contributed by atoms with Crippen molar-refractivity contribution >= 4 is 17.3 Å². The normalized spacial score (nSPS) is 26.5. The van der Waals surface area contributed by atoms with Crippen LogP contribution in [0.25, 0.3) is 28.7 Å². The molecule has 0 aromatic carbocycles. The highest BCUT2D eigenvalue weighted by molar-refractivity contribution is 5.73. The van der Waals surface area contributed by atoms with E-state index in [0.29, 0.717) is 18.0 Å². The van der Waals surface area contributed by atoms with Gasteiger partial charge >= 0.3 is 0 Å². The van der Waals surface area contributed by atoms with E-state index in [2.05, 4.69) is 93.0 Å². The van der Waals surface area contributed by atoms with E-state index in [1.54, 1.807) is 0 Å². The van der Waals surface area contributed by atoms with Gasteiger partial charge in [0.2, 0.25) is 0 Å². The van der Waals surface area contributed by atoms with Crippen molar-refractivity contribution < 1.29 is 0 Å². The van der Waals surface area contributed by atoms with Gasteiger partial charge in [0.1, 0.15) is 0 Å². The molecular formula is C36H39N7. The number of H-pyrrole nitrogens is 1. The fourth-order valence-corrected chi connectivity index (χ4v) is 7.29. The second-order valence-electron chi connectivity index (χ2n) is 12.3. The van der Waals surface area contributed by atoms with Gasteiger partial charge in [0.05, 0.1) is 40.3 Å². The Hall–Kier alpha value is -4.20. The monoisotopic (exact) mass is 569 g/mol. The first-order chi connectivity index (χ1) is 21.3. The van der Waals surface area contributed by atoms with Crippen molar-refractivity contribution in [3.05, 3.63) is 113 Å². The Labute approximate surface area is 252 Å². The van der Waals surface area contributed by atoms with Crippen molar-refractivity contribution in [2.24, 2.45) is 11.8 Å². The number of hydrogen-bond acceptors (Lipinski definition) is 6. The summed E-state index contributed by atoms with van der Waals surface area (Å²) in [4.78, 5) is 13.8. The second-order valence-corrected chi connectivity index (χ2v) is 12.3. The van der Waals surface area contributed by atoms with Crippen LogP contribution in [0.1, 0.15) is 54.6 Å². The lowest BCUT2D eigenvalue weighted by Crippen LogP contribution is -2.52. The number of nitrogens with zero attached hydrogens (tertiary/aromatic N) is 2. The molecule has 5 N–H and O–H groups in total. The van der Waals surface area contributed by atoms with E-state index < -0.39 is 0 Å². The first-order valence-electron chi connectivity index (χ1n) is 15.9. The van der Waals surface area contributed by atoms with Crippen LogP contribution in [0.5, 0.6) is 0 Å². The zero-order valence-electron chi connectivity index (χ0n) is 24.4. The summed E-state index contributed by atoms with van der Waals surface area (Å²) >= 11 is 0. The molecule has 3 aromatic heterocycles. The summed E-state index contributed by atoms with van der Waals surface area (Å²) in [6, 6.07) is 13.3. The van der Waals surface area contributed by atoms with E-state index >= 15 is 0 Å². The minimum absolute atomic E-state index is 0.0489. The molecule has 3 aliphatic heterocycles. The third-order valence-electron chi connectivity index (χ3n) is 9.52. The predicted molar refractivity (Wildman–Crippen MR) is 173 cm³/mol. The van der Waals surface area contributed by atoms with Crippen LogP contribution >= 0.6 is 0 Å². The van der Waals surface area contributed by atoms with E-state index in [9.17, 15) is 0 Å². The average Bonchev–Trinajstić information content (AvgIpc) is 3.64. The predicted octanol–water partition coefficient (Wildman–Crippen LogP) is 3.74. The Bertz CT molecular complexity index is 1740. The molecule has 0 spiro atoms. The minimum Gasteiger partial charge on any atom is -0.386 e. The zero-order valence-corrected chi connectivity index (χ0v) is 24.4. The van der Waals surface area contributed by atoms with E-state index in [1.807, 2.05) is 24.5 Å². The number of piperidine rings is 1. The number of pyridine rings is 2. The number of rotatable bonds is 5. The number of nitrogens with one attached hydrogen (secondary N) is 5. The highest BCUT2D eigenvalue weighted by Gasteiger charge is 2.32. The van der Waals surface area contributed by atoms with Gasteiger partial charge in [-0.15, -0.1) is 0 Å². The molecule has 0 saturated carbocycles. The summed E-state index contributed by atoms with van der Waals surface area (Å²) in [7, 11) is 0. The largest absolute Gasteiger partial charge is 0.386 e. The maximum atomic E-state index is 5.31. The Morgan fingerprint density at radius 1 is 0.884 bits per heavy atom. The van der Waals surface area contributed by atoms with Crippen LogP contribution in [0.15, 0.2) is 85.3 Å². The first-order valence-corrected chi connectivity index (χ1v) is 15.9. The molecular weight excluding hydrogens is 530 g/mol. The van der Waals surface area contributed by atoms with Crippen LogP contribution in [-0.4, -0.2) is 40.8 Å². The summed E-state index contributed by atoms with van der Waals surface area (Å²) < 4.78 is 0. The summed E-state index contributed by atoms with van der Waals surface area (Å²) in [5, 5.41) is 16.9. The third kappa shape index (κ3) is 5.17. The summed E-state index contributed by atoms with van der Waals surface area (Å²) in [5.41, 5.74) is 7.94. The minimum atomic E-state index is 0.0489. The number of aromatic amines is 1. The number of allylic oxidation sites excluding steroid dienone is 5. The van der Waals surface area contributed by atoms with Gasteiger partial charge in [-0.05, 0) is 97.7 Å². The first kappa shape index (κ1) is 26.4. The van der Waals surface area contributed by atoms with Crippen molar-refractivity contribution in [2.75, 3.05) is 19.6 Å². The molecule has 7 nitrogen and oxygen atoms in total. The van der Waals surface area contributed by atoms with Crippen LogP contribution in [0, 0.1) is 11.8 Å². The van der Waals surface area contributed by atoms with E-state index in [0.717, 1.165) is 67.0 Å². The number of fused-ring (bicyclic) bond motifs is 2. The van der Waals surface area contributed by atoms with Crippen molar-refractivity contribution in [1.29, 1.82) is 0 Å². The Morgan fingerprint density at radius 2 is 1.84 bits per heavy atom. The highest BCUT2D eigenvalue weighted by atomic mass is 15.1. The molecule has 2 saturated heterocycles. The smallest absolute Gasteiger partial charge is 0.0898 e. The third-order valence-corrected chi connectivity index (χ3v) is 9.52. The molecule has 4 atom stereocenters. The van der Waals surface area contributed by atoms with Crippen molar-refractivity contribution in [2.45, 2.75) is 43.8 Å². The van der Waals surface area contributed by atoms with Crippen LogP contribution in [0.2, 0.25) is 0 Å². The standard InChI is InChI=1S/C36H39N7/c1-2-15-37-30(7-1)32-21-26(22-33(42-32)31-8-4-16-38-31)28-20-25-13-14-29(43-34(25)35-27(28)6-3-17-39-35)23-9-11-24(12-10-23)36-40-18-5-19-41-36/h1-2,4,7-11,13-16,20-22,24,27-28,30,36-41H,3,5-6,12,17-19H2. The van der Waals surface area contributed by atoms with E-state index in [1.165, 1.54) is 28.5 Å². The van der Waals surface area contributed by atoms with Crippen LogP contribution in [0.4, 0.5) is 0 Å². The molecule has 8 rings (SSSR count). The number of aromatic nitrogens is 3. The van der Waals surface area contributed by atoms with E-state index in [4.69, 9.17) is 9.97 Å². The van der Waals surface area contributed by atoms with Gasteiger partial charge in [-0.3, -0.25) is 0 Å². The summed E-state index contributed by atoms with van der Waals surface area (Å²) in [6.07, 6.45) is 24.6. The van der Waals surface area contributed by atoms with Gasteiger partial charge in [0.15, 0.2) is 0 Å². The van der Waals surface area contributed by atoms with Crippen LogP contribution in [0.3, 0.4) is 0 Å². The maximum Gasteiger partial charge on any atom is 0.0898 e. The van der Waals surface area contributed by atoms with Crippen molar-refractivity contribution in [1.82, 2.24) is 36.2 Å². The fraction of sp³-hybridized carbons (Fsp3) is 0.333. The molecule has 3 aromatic rings. The second kappa shape index (κ2) is 11.5. The molecule has 7 heteroatoms. The average molecular weight is 570 g/mol. The summed E-state index contributed by atoms with van der Waals surface area (Å²) in [6.45, 7) is 3.18. The van der Waals surface area contributed by atoms with Crippen LogP contribution in [-0.2, 0) is 0 Å². The molecule has 2 aliphatic carbocycles. The lowest BCUT2D eigenvalue weighted by Gasteiger charge is -2.35. The SMILES string of the molecule is C1=CNC(c2cc(C3C=c4ccc(C5=CCC(C6NCCCN6)C=C5)nc4=C4NCCCC43)cc(-c3ccc[nH]3)n2)C=C1. The Balaban J connectivity index is 1.16. The molecule has 218 valence electrons. The van der Waals surface area contributed by atoms with Gasteiger partial charge < -0.3 is 26.3 Å². The molecule has 0 radical (unpaired) electrons. The van der Waals surface area contributed by atoms with Crippen molar-refractivity contribution in [3.8, 4) is 11.4 Å². The molecule has 6 heterocycles. The van der Waals surface area contributed by atoms with Gasteiger partial charge in [0, 0.05) is 36.2 Å². The lowest BCUT2D eigenvalue weighted by atomic mass is 9.76. The Kier molecular flexibility index (Phi) is 7.05. The van der Waals surface area contributed by atoms with Gasteiger partial charge in [-0.2, -0.15) is 0 Å². The molecule has 0 bridgehead atoms. The van der Waals surface area contributed by atoms with E-state index in [-0.39, 0.29) is 12.0 Å². The maximum absolute atomic E-state index is 5.31. The molecule has 5 aliphatic rings. The molecule has 43 heavy (non-hydrogen) atoms. The Morgan fingerprint density at radius 3 is 2.65 bits per heavy atom. The molecule has 0 amide bonds. The number of dihydropyridines is 1. The quantitative estimate of drug-likeness (QED) is 0.322. The lowest BCUT2D eigenvalue weighted by molar-refractivity contribution is 0.304. The molecule has 4 unspecified atom stereocenters. The van der Waals surface area contributed by atoms with Crippen molar-refractivity contribution in [3.63, 3.8) is 0 Å². The van der Waals surface area contributed by atoms with Gasteiger partial charge in [-0.25, -0.2) is 9.97 Å². The van der Waals surface area contributed by atoms with Gasteiger partial charge in [-0.1, -0.05) is 42.5 Å². The number of hydrogen-bond donors (Lipinski definition) is 5. The van der Waals surface area contributed by atoms with Crippen LogP contribution < -0.4 is 31.8 Å². The highest BCUT2D eigenvalue weighted by Crippen LogP contribution is 2.39. The molecule has 2 fully saturated rings.